The number of nitrogens with one attached hydrogen (secondary N) is 2. The highest BCUT2D eigenvalue weighted by Gasteiger charge is 2.08. The van der Waals surface area contributed by atoms with Crippen LogP contribution in [0.15, 0.2) is 54.6 Å². The molecule has 0 aliphatic heterocycles. The zero-order chi connectivity index (χ0) is 20.5. The van der Waals surface area contributed by atoms with Crippen LogP contribution in [-0.4, -0.2) is 44.4 Å². The van der Waals surface area contributed by atoms with Gasteiger partial charge < -0.3 is 24.8 Å². The lowest BCUT2D eigenvalue weighted by molar-refractivity contribution is 0.210. The molecular formula is C22H26N4O3. The molecule has 0 atom stereocenters. The van der Waals surface area contributed by atoms with Gasteiger partial charge in [-0.05, 0) is 17.7 Å². The van der Waals surface area contributed by atoms with Gasteiger partial charge in [0, 0.05) is 31.8 Å². The first-order valence-electron chi connectivity index (χ1n) is 9.35. The Labute approximate surface area is 171 Å². The van der Waals surface area contributed by atoms with Crippen molar-refractivity contribution in [3.8, 4) is 22.9 Å². The number of rotatable bonds is 10. The Morgan fingerprint density at radius 1 is 0.793 bits per heavy atom. The van der Waals surface area contributed by atoms with Crippen LogP contribution in [0.4, 0.5) is 11.6 Å². The Morgan fingerprint density at radius 2 is 1.52 bits per heavy atom. The molecule has 0 amide bonds. The zero-order valence-corrected chi connectivity index (χ0v) is 16.9. The zero-order valence-electron chi connectivity index (χ0n) is 16.9. The van der Waals surface area contributed by atoms with E-state index in [-0.39, 0.29) is 0 Å². The number of benzene rings is 2. The van der Waals surface area contributed by atoms with Gasteiger partial charge in [-0.1, -0.05) is 36.4 Å². The molecule has 3 aromatic rings. The fourth-order valence-corrected chi connectivity index (χ4v) is 2.81. The first-order valence-corrected chi connectivity index (χ1v) is 9.35. The van der Waals surface area contributed by atoms with Crippen LogP contribution in [0.25, 0.3) is 11.4 Å². The first kappa shape index (κ1) is 20.4. The summed E-state index contributed by atoms with van der Waals surface area (Å²) in [7, 11) is 4.93. The maximum Gasteiger partial charge on any atom is 0.163 e. The number of aromatic nitrogens is 2. The standard InChI is InChI=1S/C22H26N4O3/c1-27-12-11-23-20-14-21(26-22(25-20)17-7-5-4-6-8-17)24-15-16-9-10-18(28-2)19(13-16)29-3/h4-10,13-14H,11-12,15H2,1-3H3,(H2,23,24,25,26). The number of hydrogen-bond donors (Lipinski definition) is 2. The van der Waals surface area contributed by atoms with Gasteiger partial charge in [0.2, 0.25) is 0 Å². The molecule has 0 radical (unpaired) electrons. The Kier molecular flexibility index (Phi) is 7.24. The molecule has 152 valence electrons. The van der Waals surface area contributed by atoms with Crippen molar-refractivity contribution in [2.24, 2.45) is 0 Å². The first-order chi connectivity index (χ1) is 14.2. The molecule has 1 heterocycles. The quantitative estimate of drug-likeness (QED) is 0.506. The molecule has 29 heavy (non-hydrogen) atoms. The van der Waals surface area contributed by atoms with Gasteiger partial charge >= 0.3 is 0 Å². The Bertz CT molecular complexity index is 919. The summed E-state index contributed by atoms with van der Waals surface area (Å²) in [6.45, 7) is 1.85. The monoisotopic (exact) mass is 394 g/mol. The maximum absolute atomic E-state index is 5.38. The van der Waals surface area contributed by atoms with Gasteiger partial charge in [0.1, 0.15) is 11.6 Å². The molecule has 2 N–H and O–H groups in total. The van der Waals surface area contributed by atoms with Crippen LogP contribution in [0.5, 0.6) is 11.5 Å². The summed E-state index contributed by atoms with van der Waals surface area (Å²) < 4.78 is 15.8. The molecule has 0 spiro atoms. The maximum atomic E-state index is 5.38. The van der Waals surface area contributed by atoms with Crippen LogP contribution in [0.2, 0.25) is 0 Å². The summed E-state index contributed by atoms with van der Waals surface area (Å²) in [5.41, 5.74) is 2.01. The second-order valence-electron chi connectivity index (χ2n) is 6.29. The normalized spacial score (nSPS) is 10.4. The van der Waals surface area contributed by atoms with Crippen LogP contribution < -0.4 is 20.1 Å². The van der Waals surface area contributed by atoms with Gasteiger partial charge in [-0.25, -0.2) is 9.97 Å². The highest BCUT2D eigenvalue weighted by molar-refractivity contribution is 5.61. The lowest BCUT2D eigenvalue weighted by Crippen LogP contribution is -2.11. The number of methoxy groups -OCH3 is 3. The topological polar surface area (TPSA) is 77.5 Å². The molecule has 0 fully saturated rings. The predicted molar refractivity (Wildman–Crippen MR) is 115 cm³/mol. The average Bonchev–Trinajstić information content (AvgIpc) is 2.78. The van der Waals surface area contributed by atoms with Gasteiger partial charge in [0.15, 0.2) is 17.3 Å². The molecule has 2 aromatic carbocycles. The SMILES string of the molecule is COCCNc1cc(NCc2ccc(OC)c(OC)c2)nc(-c2ccccc2)n1. The molecule has 1 aromatic heterocycles. The highest BCUT2D eigenvalue weighted by atomic mass is 16.5. The van der Waals surface area contributed by atoms with Crippen molar-refractivity contribution in [3.05, 3.63) is 60.2 Å². The van der Waals surface area contributed by atoms with Crippen molar-refractivity contribution in [1.82, 2.24) is 9.97 Å². The summed E-state index contributed by atoms with van der Waals surface area (Å²) in [6.07, 6.45) is 0. The average molecular weight is 394 g/mol. The third-order valence-corrected chi connectivity index (χ3v) is 4.29. The number of hydrogen-bond acceptors (Lipinski definition) is 7. The van der Waals surface area contributed by atoms with Gasteiger partial charge in [0.05, 0.1) is 20.8 Å². The van der Waals surface area contributed by atoms with Gasteiger partial charge in [-0.2, -0.15) is 0 Å². The molecule has 0 bridgehead atoms. The number of ether oxygens (including phenoxy) is 3. The number of anilines is 2. The smallest absolute Gasteiger partial charge is 0.163 e. The van der Waals surface area contributed by atoms with E-state index in [1.807, 2.05) is 54.6 Å². The molecule has 0 aliphatic carbocycles. The third-order valence-electron chi connectivity index (χ3n) is 4.29. The fraction of sp³-hybridized carbons (Fsp3) is 0.273. The Balaban J connectivity index is 1.81. The summed E-state index contributed by atoms with van der Waals surface area (Å²) in [4.78, 5) is 9.30. The Morgan fingerprint density at radius 3 is 2.21 bits per heavy atom. The summed E-state index contributed by atoms with van der Waals surface area (Å²) in [5, 5.41) is 6.65. The molecule has 7 heteroatoms. The largest absolute Gasteiger partial charge is 0.493 e. The molecule has 0 aliphatic rings. The van der Waals surface area contributed by atoms with E-state index < -0.39 is 0 Å². The van der Waals surface area contributed by atoms with Crippen molar-refractivity contribution in [2.75, 3.05) is 45.1 Å². The minimum atomic E-state index is 0.586. The molecule has 0 unspecified atom stereocenters. The van der Waals surface area contributed by atoms with Crippen LogP contribution >= 0.6 is 0 Å². The van der Waals surface area contributed by atoms with E-state index in [9.17, 15) is 0 Å². The predicted octanol–water partition coefficient (Wildman–Crippen LogP) is 3.83. The van der Waals surface area contributed by atoms with Crippen molar-refractivity contribution in [3.63, 3.8) is 0 Å². The summed E-state index contributed by atoms with van der Waals surface area (Å²) in [5.74, 6) is 3.53. The van der Waals surface area contributed by atoms with E-state index in [0.29, 0.717) is 37.0 Å². The lowest BCUT2D eigenvalue weighted by atomic mass is 10.2. The van der Waals surface area contributed by atoms with E-state index in [4.69, 9.17) is 14.2 Å². The van der Waals surface area contributed by atoms with Crippen LogP contribution in [-0.2, 0) is 11.3 Å². The van der Waals surface area contributed by atoms with Crippen LogP contribution in [0.3, 0.4) is 0 Å². The van der Waals surface area contributed by atoms with E-state index in [1.54, 1.807) is 21.3 Å². The van der Waals surface area contributed by atoms with Crippen molar-refractivity contribution in [1.29, 1.82) is 0 Å². The van der Waals surface area contributed by atoms with Crippen molar-refractivity contribution >= 4 is 11.6 Å². The molecule has 0 saturated carbocycles. The molecule has 7 nitrogen and oxygen atoms in total. The van der Waals surface area contributed by atoms with Gasteiger partial charge in [0.25, 0.3) is 0 Å². The Hall–Kier alpha value is -3.32. The van der Waals surface area contributed by atoms with Gasteiger partial charge in [-0.15, -0.1) is 0 Å². The van der Waals surface area contributed by atoms with E-state index in [0.717, 1.165) is 22.8 Å². The molecular weight excluding hydrogens is 368 g/mol. The van der Waals surface area contributed by atoms with Crippen LogP contribution in [0.1, 0.15) is 5.56 Å². The van der Waals surface area contributed by atoms with Gasteiger partial charge in [-0.3, -0.25) is 0 Å². The summed E-state index contributed by atoms with van der Waals surface area (Å²) in [6, 6.07) is 17.6. The lowest BCUT2D eigenvalue weighted by Gasteiger charge is -2.13. The molecule has 0 saturated heterocycles. The van der Waals surface area contributed by atoms with Crippen molar-refractivity contribution in [2.45, 2.75) is 6.54 Å². The van der Waals surface area contributed by atoms with E-state index in [2.05, 4.69) is 20.6 Å². The van der Waals surface area contributed by atoms with E-state index in [1.165, 1.54) is 0 Å². The number of nitrogens with zero attached hydrogens (tertiary/aromatic N) is 2. The van der Waals surface area contributed by atoms with Crippen LogP contribution in [0, 0.1) is 0 Å². The second kappa shape index (κ2) is 10.3. The third kappa shape index (κ3) is 5.58. The van der Waals surface area contributed by atoms with E-state index >= 15 is 0 Å². The minimum absolute atomic E-state index is 0.586. The molecule has 3 rings (SSSR count). The highest BCUT2D eigenvalue weighted by Crippen LogP contribution is 2.28. The second-order valence-corrected chi connectivity index (χ2v) is 6.29. The van der Waals surface area contributed by atoms with Crippen molar-refractivity contribution < 1.29 is 14.2 Å². The fourth-order valence-electron chi connectivity index (χ4n) is 2.81. The minimum Gasteiger partial charge on any atom is -0.493 e. The summed E-state index contributed by atoms with van der Waals surface area (Å²) >= 11 is 0.